The lowest BCUT2D eigenvalue weighted by atomic mass is 10.2. The Hall–Kier alpha value is -1.64. The molecule has 8 heteroatoms. The largest absolute Gasteiger partial charge is 0.444 e. The molecule has 1 amide bonds. The Morgan fingerprint density at radius 3 is 2.81 bits per heavy atom. The molecule has 1 unspecified atom stereocenters. The van der Waals surface area contributed by atoms with Gasteiger partial charge in [0.25, 0.3) is 0 Å². The van der Waals surface area contributed by atoms with Gasteiger partial charge in [-0.15, -0.1) is 0 Å². The predicted molar refractivity (Wildman–Crippen MR) is 77.7 cm³/mol. The van der Waals surface area contributed by atoms with Crippen LogP contribution in [0.4, 0.5) is 10.5 Å². The molecule has 0 aliphatic heterocycles. The molecule has 120 valence electrons. The predicted octanol–water partition coefficient (Wildman–Crippen LogP) is 1.08. The van der Waals surface area contributed by atoms with Crippen LogP contribution < -0.4 is 5.32 Å². The lowest BCUT2D eigenvalue weighted by molar-refractivity contribution is -0.129. The summed E-state index contributed by atoms with van der Waals surface area (Å²) >= 11 is 0. The maximum atomic E-state index is 11.6. The molecule has 1 aromatic rings. The molecule has 1 atom stereocenters. The number of nitrogens with one attached hydrogen (secondary N) is 1. The van der Waals surface area contributed by atoms with E-state index in [4.69, 9.17) is 9.57 Å². The van der Waals surface area contributed by atoms with Gasteiger partial charge in [0.2, 0.25) is 0 Å². The normalized spacial score (nSPS) is 13.3. The smallest absolute Gasteiger partial charge is 0.412 e. The number of carbonyl (C=O) groups excluding carboxylic acids is 1. The van der Waals surface area contributed by atoms with Gasteiger partial charge >= 0.3 is 6.09 Å². The van der Waals surface area contributed by atoms with E-state index in [0.29, 0.717) is 18.8 Å². The van der Waals surface area contributed by atoms with Crippen molar-refractivity contribution in [1.29, 1.82) is 0 Å². The molecule has 1 aromatic heterocycles. The number of hydrogen-bond donors (Lipinski definition) is 2. The second kappa shape index (κ2) is 7.39. The molecule has 0 bridgehead atoms. The average Bonchev–Trinajstić information content (AvgIpc) is 2.73. The van der Waals surface area contributed by atoms with Gasteiger partial charge in [-0.05, 0) is 20.8 Å². The Labute approximate surface area is 124 Å². The highest BCUT2D eigenvalue weighted by molar-refractivity contribution is 5.84. The van der Waals surface area contributed by atoms with Crippen molar-refractivity contribution in [2.45, 2.75) is 39.0 Å². The van der Waals surface area contributed by atoms with Crippen molar-refractivity contribution in [3.8, 4) is 0 Å². The molecule has 0 fully saturated rings. The second-order valence-corrected chi connectivity index (χ2v) is 5.72. The number of aliphatic hydroxyl groups excluding tert-OH is 1. The van der Waals surface area contributed by atoms with Crippen LogP contribution in [0.15, 0.2) is 12.4 Å². The van der Waals surface area contributed by atoms with Gasteiger partial charge in [-0.3, -0.25) is 10.00 Å². The Morgan fingerprint density at radius 2 is 2.24 bits per heavy atom. The van der Waals surface area contributed by atoms with Crippen LogP contribution in [-0.4, -0.2) is 58.5 Å². The highest BCUT2D eigenvalue weighted by Gasteiger charge is 2.17. The quantitative estimate of drug-likeness (QED) is 0.764. The minimum atomic E-state index is -0.635. The number of hydroxylamine groups is 2. The molecular weight excluding hydrogens is 276 g/mol. The van der Waals surface area contributed by atoms with Crippen molar-refractivity contribution in [1.82, 2.24) is 14.8 Å². The molecule has 8 nitrogen and oxygen atoms in total. The van der Waals surface area contributed by atoms with Gasteiger partial charge in [0.1, 0.15) is 5.60 Å². The van der Waals surface area contributed by atoms with Crippen LogP contribution in [0.3, 0.4) is 0 Å². The summed E-state index contributed by atoms with van der Waals surface area (Å²) < 4.78 is 6.68. The number of aromatic nitrogens is 2. The fourth-order valence-corrected chi connectivity index (χ4v) is 1.59. The molecule has 21 heavy (non-hydrogen) atoms. The summed E-state index contributed by atoms with van der Waals surface area (Å²) in [5, 5.41) is 18.0. The third-order valence-electron chi connectivity index (χ3n) is 2.46. The van der Waals surface area contributed by atoms with E-state index < -0.39 is 17.8 Å². The Morgan fingerprint density at radius 1 is 1.57 bits per heavy atom. The van der Waals surface area contributed by atoms with Crippen molar-refractivity contribution in [3.05, 3.63) is 12.4 Å². The molecule has 1 rings (SSSR count). The number of nitrogens with zero attached hydrogens (tertiary/aromatic N) is 3. The summed E-state index contributed by atoms with van der Waals surface area (Å²) in [7, 11) is 3.26. The van der Waals surface area contributed by atoms with Gasteiger partial charge in [0.15, 0.2) is 0 Å². The molecule has 0 saturated carbocycles. The maximum Gasteiger partial charge on any atom is 0.412 e. The van der Waals surface area contributed by atoms with Crippen LogP contribution in [-0.2, 0) is 16.1 Å². The highest BCUT2D eigenvalue weighted by Crippen LogP contribution is 2.11. The Bertz CT molecular complexity index is 455. The lowest BCUT2D eigenvalue weighted by Gasteiger charge is -2.19. The minimum absolute atomic E-state index is 0.295. The van der Waals surface area contributed by atoms with Gasteiger partial charge < -0.3 is 14.7 Å². The number of likely N-dealkylation sites (N-methyl/N-ethyl adjacent to an activating group) is 1. The molecule has 0 aliphatic carbocycles. The van der Waals surface area contributed by atoms with Crippen molar-refractivity contribution in [3.63, 3.8) is 0 Å². The second-order valence-electron chi connectivity index (χ2n) is 5.72. The van der Waals surface area contributed by atoms with E-state index in [9.17, 15) is 9.90 Å². The zero-order chi connectivity index (χ0) is 16.0. The zero-order valence-corrected chi connectivity index (χ0v) is 13.2. The first kappa shape index (κ1) is 17.4. The van der Waals surface area contributed by atoms with Gasteiger partial charge in [-0.1, -0.05) is 0 Å². The zero-order valence-electron chi connectivity index (χ0n) is 13.2. The van der Waals surface area contributed by atoms with Crippen LogP contribution in [0.2, 0.25) is 0 Å². The van der Waals surface area contributed by atoms with E-state index >= 15 is 0 Å². The number of anilines is 1. The van der Waals surface area contributed by atoms with Gasteiger partial charge in [-0.2, -0.15) is 10.2 Å². The molecule has 0 aliphatic rings. The number of aliphatic hydroxyl groups is 1. The number of amides is 1. The average molecular weight is 300 g/mol. The highest BCUT2D eigenvalue weighted by atomic mass is 16.7. The van der Waals surface area contributed by atoms with Crippen LogP contribution in [0.5, 0.6) is 0 Å². The van der Waals surface area contributed by atoms with Crippen molar-refractivity contribution < 1.29 is 19.5 Å². The van der Waals surface area contributed by atoms with E-state index in [1.54, 1.807) is 38.7 Å². The molecule has 0 aromatic carbocycles. The summed E-state index contributed by atoms with van der Waals surface area (Å²) in [6.45, 7) is 6.02. The summed E-state index contributed by atoms with van der Waals surface area (Å²) in [4.78, 5) is 16.5. The topological polar surface area (TPSA) is 88.9 Å². The van der Waals surface area contributed by atoms with E-state index in [1.807, 2.05) is 0 Å². The molecule has 2 N–H and O–H groups in total. The van der Waals surface area contributed by atoms with Crippen molar-refractivity contribution in [2.75, 3.05) is 26.0 Å². The minimum Gasteiger partial charge on any atom is -0.444 e. The first-order valence-corrected chi connectivity index (χ1v) is 6.65. The van der Waals surface area contributed by atoms with E-state index in [2.05, 4.69) is 10.4 Å². The molecule has 0 radical (unpaired) electrons. The van der Waals surface area contributed by atoms with Crippen LogP contribution >= 0.6 is 0 Å². The van der Waals surface area contributed by atoms with Crippen LogP contribution in [0.1, 0.15) is 20.8 Å². The summed E-state index contributed by atoms with van der Waals surface area (Å²) in [5.41, 5.74) is -0.0439. The monoisotopic (exact) mass is 300 g/mol. The van der Waals surface area contributed by atoms with E-state index in [1.165, 1.54) is 18.4 Å². The fourth-order valence-electron chi connectivity index (χ4n) is 1.59. The SMILES string of the molecule is CON(C)CC(O)Cn1cc(NC(=O)OC(C)(C)C)cn1. The number of hydrogen-bond acceptors (Lipinski definition) is 6. The molecular formula is C13H24N4O4. The van der Waals surface area contributed by atoms with E-state index in [-0.39, 0.29) is 0 Å². The number of ether oxygens (including phenoxy) is 1. The van der Waals surface area contributed by atoms with Gasteiger partial charge in [0.05, 0.1) is 38.2 Å². The van der Waals surface area contributed by atoms with Crippen LogP contribution in [0, 0.1) is 0 Å². The summed E-state index contributed by atoms with van der Waals surface area (Å²) in [6, 6.07) is 0. The first-order valence-electron chi connectivity index (χ1n) is 6.65. The first-order chi connectivity index (χ1) is 9.69. The Kier molecular flexibility index (Phi) is 6.13. The lowest BCUT2D eigenvalue weighted by Crippen LogP contribution is -2.31. The summed E-state index contributed by atoms with van der Waals surface area (Å²) in [6.07, 6.45) is 1.95. The molecule has 0 spiro atoms. The van der Waals surface area contributed by atoms with Gasteiger partial charge in [-0.25, -0.2) is 4.79 Å². The number of rotatable bonds is 6. The van der Waals surface area contributed by atoms with Crippen molar-refractivity contribution in [2.24, 2.45) is 0 Å². The third kappa shape index (κ3) is 7.07. The van der Waals surface area contributed by atoms with Crippen LogP contribution in [0.25, 0.3) is 0 Å². The molecule has 0 saturated heterocycles. The van der Waals surface area contributed by atoms with E-state index in [0.717, 1.165) is 0 Å². The maximum absolute atomic E-state index is 11.6. The fraction of sp³-hybridized carbons (Fsp3) is 0.692. The summed E-state index contributed by atoms with van der Waals surface area (Å²) in [5.74, 6) is 0. The Balaban J connectivity index is 2.48. The standard InChI is InChI=1S/C13H24N4O4/c1-13(2,3)21-12(19)15-10-6-14-17(7-10)9-11(18)8-16(4)20-5/h6-7,11,18H,8-9H2,1-5H3,(H,15,19). The number of carbonyl (C=O) groups is 1. The van der Waals surface area contributed by atoms with Gasteiger partial charge in [0, 0.05) is 13.2 Å². The molecule has 1 heterocycles. The third-order valence-corrected chi connectivity index (χ3v) is 2.46. The van der Waals surface area contributed by atoms with Crippen molar-refractivity contribution >= 4 is 11.8 Å².